The molecule has 0 saturated heterocycles. The summed E-state index contributed by atoms with van der Waals surface area (Å²) in [6.45, 7) is 9.41. The van der Waals surface area contributed by atoms with Gasteiger partial charge in [-0.1, -0.05) is 34.1 Å². The first-order valence-electron chi connectivity index (χ1n) is 6.56. The van der Waals surface area contributed by atoms with Crippen molar-refractivity contribution in [1.29, 1.82) is 0 Å². The van der Waals surface area contributed by atoms with E-state index in [0.29, 0.717) is 28.9 Å². The maximum atomic E-state index is 12.5. The zero-order chi connectivity index (χ0) is 12.3. The van der Waals surface area contributed by atoms with E-state index in [0.717, 1.165) is 12.3 Å². The lowest BCUT2D eigenvalue weighted by Gasteiger charge is -2.35. The largest absolute Gasteiger partial charge is 0.330 e. The molecule has 5 unspecified atom stereocenters. The standard InChI is InChI=1S/C13H27NOS/c1-9(2)11(4)16(15)13-7-10(3)5-6-12(13)8-14/h9-13H,5-8,14H2,1-4H3. The molecule has 16 heavy (non-hydrogen) atoms. The Hall–Kier alpha value is 0.110. The molecule has 5 atom stereocenters. The Bertz CT molecular complexity index is 242. The lowest BCUT2D eigenvalue weighted by Crippen LogP contribution is -2.40. The Labute approximate surface area is 103 Å². The van der Waals surface area contributed by atoms with Gasteiger partial charge in [-0.3, -0.25) is 4.21 Å². The lowest BCUT2D eigenvalue weighted by molar-refractivity contribution is 0.300. The van der Waals surface area contributed by atoms with Crippen LogP contribution in [0.1, 0.15) is 47.0 Å². The molecule has 1 aliphatic rings. The summed E-state index contributed by atoms with van der Waals surface area (Å²) in [5, 5.41) is 0.635. The quantitative estimate of drug-likeness (QED) is 0.827. The van der Waals surface area contributed by atoms with E-state index in [1.165, 1.54) is 12.8 Å². The van der Waals surface area contributed by atoms with Crippen LogP contribution in [0.25, 0.3) is 0 Å². The normalized spacial score (nSPS) is 35.0. The van der Waals surface area contributed by atoms with Crippen molar-refractivity contribution in [3.05, 3.63) is 0 Å². The monoisotopic (exact) mass is 245 g/mol. The first-order chi connectivity index (χ1) is 7.47. The summed E-state index contributed by atoms with van der Waals surface area (Å²) in [7, 11) is -0.712. The summed E-state index contributed by atoms with van der Waals surface area (Å²) < 4.78 is 12.5. The fraction of sp³-hybridized carbons (Fsp3) is 1.00. The van der Waals surface area contributed by atoms with E-state index < -0.39 is 10.8 Å². The van der Waals surface area contributed by atoms with E-state index in [9.17, 15) is 4.21 Å². The first-order valence-corrected chi connectivity index (χ1v) is 7.84. The highest BCUT2D eigenvalue weighted by atomic mass is 32.2. The van der Waals surface area contributed by atoms with Gasteiger partial charge in [0.1, 0.15) is 0 Å². The minimum atomic E-state index is -0.712. The Morgan fingerprint density at radius 3 is 2.44 bits per heavy atom. The molecule has 1 rings (SSSR count). The Balaban J connectivity index is 2.70. The highest BCUT2D eigenvalue weighted by Gasteiger charge is 2.34. The molecule has 0 aliphatic heterocycles. The summed E-state index contributed by atoms with van der Waals surface area (Å²) in [5.41, 5.74) is 5.82. The van der Waals surface area contributed by atoms with Crippen LogP contribution < -0.4 is 5.73 Å². The number of rotatable bonds is 4. The summed E-state index contributed by atoms with van der Waals surface area (Å²) in [6, 6.07) is 0. The van der Waals surface area contributed by atoms with Crippen LogP contribution >= 0.6 is 0 Å². The molecule has 0 aromatic rings. The molecule has 1 aliphatic carbocycles. The van der Waals surface area contributed by atoms with Crippen molar-refractivity contribution in [3.63, 3.8) is 0 Å². The van der Waals surface area contributed by atoms with E-state index in [-0.39, 0.29) is 0 Å². The predicted molar refractivity (Wildman–Crippen MR) is 71.8 cm³/mol. The van der Waals surface area contributed by atoms with Crippen LogP contribution in [0, 0.1) is 17.8 Å². The van der Waals surface area contributed by atoms with E-state index in [1.54, 1.807) is 0 Å². The van der Waals surface area contributed by atoms with Crippen LogP contribution in [-0.4, -0.2) is 21.3 Å². The van der Waals surface area contributed by atoms with Gasteiger partial charge in [0, 0.05) is 21.3 Å². The summed E-state index contributed by atoms with van der Waals surface area (Å²) in [5.74, 6) is 1.70. The minimum Gasteiger partial charge on any atom is -0.330 e. The summed E-state index contributed by atoms with van der Waals surface area (Å²) >= 11 is 0. The van der Waals surface area contributed by atoms with Gasteiger partial charge in [0.2, 0.25) is 0 Å². The molecule has 0 bridgehead atoms. The molecule has 0 amide bonds. The highest BCUT2D eigenvalue weighted by Crippen LogP contribution is 2.33. The third kappa shape index (κ3) is 3.30. The van der Waals surface area contributed by atoms with Crippen molar-refractivity contribution in [3.8, 4) is 0 Å². The third-order valence-electron chi connectivity index (χ3n) is 4.10. The van der Waals surface area contributed by atoms with E-state index in [2.05, 4.69) is 27.7 Å². The maximum absolute atomic E-state index is 12.5. The molecule has 96 valence electrons. The van der Waals surface area contributed by atoms with Gasteiger partial charge in [-0.05, 0) is 37.1 Å². The molecule has 0 aromatic heterocycles. The molecule has 0 spiro atoms. The average Bonchev–Trinajstić information content (AvgIpc) is 2.26. The van der Waals surface area contributed by atoms with Crippen molar-refractivity contribution in [2.24, 2.45) is 23.5 Å². The predicted octanol–water partition coefficient (Wildman–Crippen LogP) is 2.54. The molecular formula is C13H27NOS. The summed E-state index contributed by atoms with van der Waals surface area (Å²) in [6.07, 6.45) is 3.52. The van der Waals surface area contributed by atoms with Gasteiger partial charge in [-0.15, -0.1) is 0 Å². The topological polar surface area (TPSA) is 43.1 Å². The second-order valence-electron chi connectivity index (χ2n) is 5.73. The van der Waals surface area contributed by atoms with Crippen LogP contribution in [-0.2, 0) is 10.8 Å². The van der Waals surface area contributed by atoms with E-state index in [1.807, 2.05) is 0 Å². The number of hydrogen-bond acceptors (Lipinski definition) is 2. The first kappa shape index (κ1) is 14.2. The highest BCUT2D eigenvalue weighted by molar-refractivity contribution is 7.86. The summed E-state index contributed by atoms with van der Waals surface area (Å²) in [4.78, 5) is 0. The molecule has 1 fully saturated rings. The average molecular weight is 245 g/mol. The second kappa shape index (κ2) is 6.15. The van der Waals surface area contributed by atoms with E-state index in [4.69, 9.17) is 5.73 Å². The van der Waals surface area contributed by atoms with Crippen LogP contribution in [0.2, 0.25) is 0 Å². The molecule has 1 saturated carbocycles. The van der Waals surface area contributed by atoms with Gasteiger partial charge in [-0.2, -0.15) is 0 Å². The van der Waals surface area contributed by atoms with Crippen molar-refractivity contribution >= 4 is 10.8 Å². The lowest BCUT2D eigenvalue weighted by atomic mass is 9.82. The number of nitrogens with two attached hydrogens (primary N) is 1. The smallest absolute Gasteiger partial charge is 0.0393 e. The Kier molecular flexibility index (Phi) is 5.45. The van der Waals surface area contributed by atoms with Crippen LogP contribution in [0.5, 0.6) is 0 Å². The zero-order valence-electron chi connectivity index (χ0n) is 11.1. The van der Waals surface area contributed by atoms with Crippen LogP contribution in [0.4, 0.5) is 0 Å². The number of hydrogen-bond donors (Lipinski definition) is 1. The van der Waals surface area contributed by atoms with Crippen LogP contribution in [0.3, 0.4) is 0 Å². The van der Waals surface area contributed by atoms with Gasteiger partial charge in [0.25, 0.3) is 0 Å². The molecular weight excluding hydrogens is 218 g/mol. The fourth-order valence-electron chi connectivity index (χ4n) is 2.49. The van der Waals surface area contributed by atoms with Crippen LogP contribution in [0.15, 0.2) is 0 Å². The molecule has 2 nitrogen and oxygen atoms in total. The SMILES string of the molecule is CC1CCC(CN)C(S(=O)C(C)C(C)C)C1. The zero-order valence-corrected chi connectivity index (χ0v) is 11.9. The molecule has 0 aromatic carbocycles. The molecule has 3 heteroatoms. The van der Waals surface area contributed by atoms with Gasteiger partial charge in [-0.25, -0.2) is 0 Å². The van der Waals surface area contributed by atoms with Crippen molar-refractivity contribution in [2.75, 3.05) is 6.54 Å². The van der Waals surface area contributed by atoms with Gasteiger partial charge >= 0.3 is 0 Å². The van der Waals surface area contributed by atoms with Crippen molar-refractivity contribution < 1.29 is 4.21 Å². The Morgan fingerprint density at radius 1 is 1.31 bits per heavy atom. The molecule has 0 radical (unpaired) electrons. The van der Waals surface area contributed by atoms with Gasteiger partial charge in [0.15, 0.2) is 0 Å². The van der Waals surface area contributed by atoms with Crippen molar-refractivity contribution in [1.82, 2.24) is 0 Å². The minimum absolute atomic E-state index is 0.296. The Morgan fingerprint density at radius 2 is 1.94 bits per heavy atom. The van der Waals surface area contributed by atoms with E-state index >= 15 is 0 Å². The maximum Gasteiger partial charge on any atom is 0.0393 e. The van der Waals surface area contributed by atoms with Gasteiger partial charge in [0.05, 0.1) is 0 Å². The third-order valence-corrected chi connectivity index (χ3v) is 6.55. The van der Waals surface area contributed by atoms with Gasteiger partial charge < -0.3 is 5.73 Å². The van der Waals surface area contributed by atoms with Crippen molar-refractivity contribution in [2.45, 2.75) is 57.5 Å². The molecule has 0 heterocycles. The fourth-order valence-corrected chi connectivity index (χ4v) is 4.72. The molecule has 2 N–H and O–H groups in total. The second-order valence-corrected chi connectivity index (χ2v) is 7.74.